The Hall–Kier alpha value is -0.460. The highest BCUT2D eigenvalue weighted by molar-refractivity contribution is 5.10. The van der Waals surface area contributed by atoms with Gasteiger partial charge in [-0.05, 0) is 43.1 Å². The summed E-state index contributed by atoms with van der Waals surface area (Å²) in [7, 11) is 1.76. The van der Waals surface area contributed by atoms with E-state index in [9.17, 15) is 0 Å². The summed E-state index contributed by atoms with van der Waals surface area (Å²) >= 11 is 0. The molecule has 1 heteroatoms. The normalized spacial score (nSPS) is 27.1. The lowest BCUT2D eigenvalue weighted by molar-refractivity contribution is 0.293. The fourth-order valence-corrected chi connectivity index (χ4v) is 3.27. The molecule has 0 aliphatic heterocycles. The van der Waals surface area contributed by atoms with Gasteiger partial charge in [0.15, 0.2) is 0 Å². The summed E-state index contributed by atoms with van der Waals surface area (Å²) in [6.07, 6.45) is 18.7. The van der Waals surface area contributed by atoms with Crippen LogP contribution in [0.3, 0.4) is 0 Å². The van der Waals surface area contributed by atoms with Gasteiger partial charge in [0.25, 0.3) is 0 Å². The smallest absolute Gasteiger partial charge is 0.0790 e. The standard InChI is InChI=1S/C15H26O/c1-16-13-12-15(10-11-15)14-8-6-4-2-3-5-7-9-14/h12-14H,2-11H2,1H3. The minimum atomic E-state index is 0.542. The van der Waals surface area contributed by atoms with Gasteiger partial charge in [0.1, 0.15) is 0 Å². The van der Waals surface area contributed by atoms with E-state index in [0.29, 0.717) is 5.41 Å². The third-order valence-electron chi connectivity index (χ3n) is 4.53. The Kier molecular flexibility index (Phi) is 4.31. The molecule has 1 nitrogen and oxygen atoms in total. The third kappa shape index (κ3) is 3.02. The van der Waals surface area contributed by atoms with Gasteiger partial charge in [0, 0.05) is 0 Å². The van der Waals surface area contributed by atoms with Crippen molar-refractivity contribution < 1.29 is 4.74 Å². The summed E-state index contributed by atoms with van der Waals surface area (Å²) in [5.41, 5.74) is 0.542. The molecule has 0 unspecified atom stereocenters. The van der Waals surface area contributed by atoms with E-state index in [4.69, 9.17) is 4.74 Å². The van der Waals surface area contributed by atoms with Crippen molar-refractivity contribution in [3.63, 3.8) is 0 Å². The molecule has 0 radical (unpaired) electrons. The van der Waals surface area contributed by atoms with Crippen LogP contribution < -0.4 is 0 Å². The summed E-state index contributed by atoms with van der Waals surface area (Å²) < 4.78 is 5.11. The van der Waals surface area contributed by atoms with Crippen LogP contribution in [0.25, 0.3) is 0 Å². The van der Waals surface area contributed by atoms with Crippen LogP contribution in [0, 0.1) is 11.3 Å². The van der Waals surface area contributed by atoms with Crippen LogP contribution in [-0.4, -0.2) is 7.11 Å². The van der Waals surface area contributed by atoms with Crippen LogP contribution in [0.4, 0.5) is 0 Å². The summed E-state index contributed by atoms with van der Waals surface area (Å²) in [6, 6.07) is 0. The monoisotopic (exact) mass is 222 g/mol. The second-order valence-electron chi connectivity index (χ2n) is 5.67. The van der Waals surface area contributed by atoms with E-state index < -0.39 is 0 Å². The van der Waals surface area contributed by atoms with E-state index in [-0.39, 0.29) is 0 Å². The van der Waals surface area contributed by atoms with Crippen LogP contribution in [0.15, 0.2) is 12.3 Å². The van der Waals surface area contributed by atoms with Gasteiger partial charge in [-0.25, -0.2) is 0 Å². The maximum absolute atomic E-state index is 5.11. The second-order valence-corrected chi connectivity index (χ2v) is 5.67. The molecule has 0 aromatic rings. The molecule has 2 saturated carbocycles. The molecule has 92 valence electrons. The lowest BCUT2D eigenvalue weighted by Gasteiger charge is -2.23. The van der Waals surface area contributed by atoms with Crippen LogP contribution in [0.5, 0.6) is 0 Å². The molecule has 0 heterocycles. The molecular weight excluding hydrogens is 196 g/mol. The summed E-state index contributed by atoms with van der Waals surface area (Å²) in [6.45, 7) is 0. The van der Waals surface area contributed by atoms with Crippen molar-refractivity contribution >= 4 is 0 Å². The largest absolute Gasteiger partial charge is 0.505 e. The minimum Gasteiger partial charge on any atom is -0.505 e. The average Bonchev–Trinajstić information content (AvgIpc) is 3.05. The fourth-order valence-electron chi connectivity index (χ4n) is 3.27. The maximum atomic E-state index is 5.11. The summed E-state index contributed by atoms with van der Waals surface area (Å²) in [5, 5.41) is 0. The zero-order chi connectivity index (χ0) is 11.3. The first-order valence-corrected chi connectivity index (χ1v) is 7.08. The Morgan fingerprint density at radius 1 is 0.938 bits per heavy atom. The van der Waals surface area contributed by atoms with Gasteiger partial charge in [0.2, 0.25) is 0 Å². The van der Waals surface area contributed by atoms with Crippen LogP contribution in [-0.2, 0) is 4.74 Å². The molecule has 0 N–H and O–H groups in total. The highest BCUT2D eigenvalue weighted by Crippen LogP contribution is 2.56. The average molecular weight is 222 g/mol. The van der Waals surface area contributed by atoms with E-state index in [1.54, 1.807) is 7.11 Å². The van der Waals surface area contributed by atoms with Gasteiger partial charge in [-0.1, -0.05) is 38.5 Å². The molecule has 0 amide bonds. The molecule has 0 aromatic carbocycles. The number of rotatable bonds is 3. The highest BCUT2D eigenvalue weighted by atomic mass is 16.5. The molecule has 2 aliphatic rings. The van der Waals surface area contributed by atoms with E-state index in [2.05, 4.69) is 6.08 Å². The second kappa shape index (κ2) is 5.75. The van der Waals surface area contributed by atoms with Crippen molar-refractivity contribution in [1.82, 2.24) is 0 Å². The lowest BCUT2D eigenvalue weighted by atomic mass is 9.82. The molecule has 2 aliphatic carbocycles. The molecule has 2 fully saturated rings. The molecule has 2 rings (SSSR count). The first kappa shape index (κ1) is 12.0. The summed E-state index contributed by atoms with van der Waals surface area (Å²) in [4.78, 5) is 0. The number of hydrogen-bond donors (Lipinski definition) is 0. The quantitative estimate of drug-likeness (QED) is 0.630. The number of methoxy groups -OCH3 is 1. The fraction of sp³-hybridized carbons (Fsp3) is 0.867. The predicted octanol–water partition coefficient (Wildman–Crippen LogP) is 4.68. The van der Waals surface area contributed by atoms with Gasteiger partial charge >= 0.3 is 0 Å². The first-order chi connectivity index (χ1) is 7.87. The van der Waals surface area contributed by atoms with Gasteiger partial charge < -0.3 is 4.74 Å². The van der Waals surface area contributed by atoms with E-state index >= 15 is 0 Å². The van der Waals surface area contributed by atoms with Crippen molar-refractivity contribution in [2.24, 2.45) is 11.3 Å². The minimum absolute atomic E-state index is 0.542. The zero-order valence-electron chi connectivity index (χ0n) is 10.7. The zero-order valence-corrected chi connectivity index (χ0v) is 10.7. The molecule has 0 spiro atoms. The molecule has 0 aromatic heterocycles. The van der Waals surface area contributed by atoms with Crippen LogP contribution in [0.2, 0.25) is 0 Å². The van der Waals surface area contributed by atoms with Crippen molar-refractivity contribution in [2.45, 2.75) is 64.2 Å². The molecule has 0 atom stereocenters. The number of ether oxygens (including phenoxy) is 1. The van der Waals surface area contributed by atoms with Crippen LogP contribution in [0.1, 0.15) is 64.2 Å². The summed E-state index contributed by atoms with van der Waals surface area (Å²) in [5.74, 6) is 0.942. The molecular formula is C15H26O. The Labute approximate surface area is 100 Å². The Morgan fingerprint density at radius 3 is 2.00 bits per heavy atom. The third-order valence-corrected chi connectivity index (χ3v) is 4.53. The van der Waals surface area contributed by atoms with Crippen molar-refractivity contribution in [2.75, 3.05) is 7.11 Å². The van der Waals surface area contributed by atoms with Gasteiger partial charge in [-0.2, -0.15) is 0 Å². The first-order valence-electron chi connectivity index (χ1n) is 7.08. The molecule has 16 heavy (non-hydrogen) atoms. The molecule has 0 saturated heterocycles. The van der Waals surface area contributed by atoms with E-state index in [1.807, 2.05) is 6.26 Å². The topological polar surface area (TPSA) is 9.23 Å². The van der Waals surface area contributed by atoms with E-state index in [1.165, 1.54) is 64.2 Å². The molecule has 0 bridgehead atoms. The van der Waals surface area contributed by atoms with Crippen molar-refractivity contribution in [3.8, 4) is 0 Å². The lowest BCUT2D eigenvalue weighted by Crippen LogP contribution is -2.14. The van der Waals surface area contributed by atoms with E-state index in [0.717, 1.165) is 5.92 Å². The van der Waals surface area contributed by atoms with Crippen molar-refractivity contribution in [3.05, 3.63) is 12.3 Å². The maximum Gasteiger partial charge on any atom is 0.0790 e. The van der Waals surface area contributed by atoms with Gasteiger partial charge in [-0.15, -0.1) is 0 Å². The Bertz CT molecular complexity index is 218. The van der Waals surface area contributed by atoms with Gasteiger partial charge in [-0.3, -0.25) is 0 Å². The highest BCUT2D eigenvalue weighted by Gasteiger charge is 2.46. The SMILES string of the molecule is COC=CC1(C2CCCCCCCC2)CC1. The van der Waals surface area contributed by atoms with Gasteiger partial charge in [0.05, 0.1) is 13.4 Å². The van der Waals surface area contributed by atoms with Crippen LogP contribution >= 0.6 is 0 Å². The Morgan fingerprint density at radius 2 is 1.50 bits per heavy atom. The Balaban J connectivity index is 1.92. The predicted molar refractivity (Wildman–Crippen MR) is 68.2 cm³/mol. The number of allylic oxidation sites excluding steroid dienone is 1. The van der Waals surface area contributed by atoms with Crippen molar-refractivity contribution in [1.29, 1.82) is 0 Å². The number of hydrogen-bond acceptors (Lipinski definition) is 1.